The highest BCUT2D eigenvalue weighted by atomic mass is 31.2. The van der Waals surface area contributed by atoms with E-state index < -0.39 is 31.3 Å². The predicted octanol–water partition coefficient (Wildman–Crippen LogP) is 3.57. The molecule has 0 heterocycles. The van der Waals surface area contributed by atoms with E-state index in [1.807, 2.05) is 0 Å². The van der Waals surface area contributed by atoms with Crippen LogP contribution in [0.5, 0.6) is 0 Å². The van der Waals surface area contributed by atoms with Gasteiger partial charge in [0.2, 0.25) is 0 Å². The van der Waals surface area contributed by atoms with Gasteiger partial charge in [-0.15, -0.1) is 0 Å². The van der Waals surface area contributed by atoms with Crippen molar-refractivity contribution in [1.82, 2.24) is 0 Å². The second kappa shape index (κ2) is 14.1. The molecule has 160 valence electrons. The number of ether oxygens (including phenoxy) is 1. The number of rotatable bonds is 17. The van der Waals surface area contributed by atoms with Gasteiger partial charge in [0.05, 0.1) is 13.0 Å². The Morgan fingerprint density at radius 3 is 1.63 bits per heavy atom. The number of carbonyl (C=O) groups excluding carboxylic acids is 1. The molecule has 0 spiro atoms. The summed E-state index contributed by atoms with van der Waals surface area (Å²) in [6.45, 7) is 2.09. The molecule has 0 aromatic carbocycles. The fourth-order valence-corrected chi connectivity index (χ4v) is 3.37. The summed E-state index contributed by atoms with van der Waals surface area (Å²) < 4.78 is 15.9. The van der Waals surface area contributed by atoms with Gasteiger partial charge < -0.3 is 24.7 Å². The van der Waals surface area contributed by atoms with Crippen LogP contribution in [0.15, 0.2) is 0 Å². The molecule has 1 unspecified atom stereocenters. The van der Waals surface area contributed by atoms with E-state index in [2.05, 4.69) is 11.7 Å². The molecule has 0 aliphatic rings. The van der Waals surface area contributed by atoms with Crippen molar-refractivity contribution in [1.29, 1.82) is 0 Å². The van der Waals surface area contributed by atoms with Gasteiger partial charge in [-0.25, -0.2) is 4.79 Å². The maximum absolute atomic E-state index is 11.7. The fourth-order valence-electron chi connectivity index (χ4n) is 2.73. The van der Waals surface area contributed by atoms with Crippen molar-refractivity contribution in [3.8, 4) is 0 Å². The summed E-state index contributed by atoms with van der Waals surface area (Å²) in [4.78, 5) is 40.5. The molecule has 8 nitrogen and oxygen atoms in total. The van der Waals surface area contributed by atoms with Gasteiger partial charge >= 0.3 is 19.5 Å². The number of unbranched alkanes of at least 4 members (excludes halogenated alkanes) is 11. The Bertz CT molecular complexity index is 476. The average Bonchev–Trinajstić information content (AvgIpc) is 2.57. The summed E-state index contributed by atoms with van der Waals surface area (Å²) in [5.74, 6) is -3.30. The average molecular weight is 410 g/mol. The zero-order chi connectivity index (χ0) is 20.8. The number of carbonyl (C=O) groups is 2. The third-order valence-corrected chi connectivity index (χ3v) is 5.74. The quantitative estimate of drug-likeness (QED) is 0.162. The number of aliphatic hydroxyl groups is 1. The molecule has 0 radical (unpaired) electrons. The lowest BCUT2D eigenvalue weighted by molar-refractivity contribution is -0.163. The molecule has 0 bridgehead atoms. The van der Waals surface area contributed by atoms with Crippen molar-refractivity contribution in [2.45, 2.75) is 95.7 Å². The van der Waals surface area contributed by atoms with Crippen molar-refractivity contribution in [3.63, 3.8) is 0 Å². The number of aliphatic carboxylic acids is 1. The van der Waals surface area contributed by atoms with Crippen LogP contribution in [0.25, 0.3) is 0 Å². The summed E-state index contributed by atoms with van der Waals surface area (Å²) in [6, 6.07) is 0. The first-order chi connectivity index (χ1) is 12.6. The number of esters is 1. The molecule has 0 saturated heterocycles. The highest BCUT2D eigenvalue weighted by molar-refractivity contribution is 7.54. The molecule has 0 aliphatic heterocycles. The first-order valence-electron chi connectivity index (χ1n) is 9.82. The molecule has 0 aliphatic carbocycles. The number of carboxylic acids is 1. The summed E-state index contributed by atoms with van der Waals surface area (Å²) >= 11 is 0. The largest absolute Gasteiger partial charge is 0.481 e. The van der Waals surface area contributed by atoms with Crippen molar-refractivity contribution in [2.75, 3.05) is 6.61 Å². The zero-order valence-corrected chi connectivity index (χ0v) is 17.2. The second-order valence-electron chi connectivity index (χ2n) is 6.96. The molecule has 27 heavy (non-hydrogen) atoms. The van der Waals surface area contributed by atoms with E-state index in [1.165, 1.54) is 44.9 Å². The van der Waals surface area contributed by atoms with Gasteiger partial charge in [-0.1, -0.05) is 77.6 Å². The van der Waals surface area contributed by atoms with E-state index in [1.54, 1.807) is 0 Å². The number of hydrogen-bond acceptors (Lipinski definition) is 5. The van der Waals surface area contributed by atoms with E-state index in [9.17, 15) is 19.3 Å². The molecule has 0 aromatic rings. The zero-order valence-electron chi connectivity index (χ0n) is 16.3. The summed E-state index contributed by atoms with van der Waals surface area (Å²) in [5, 5.41) is 15.1. The highest BCUT2D eigenvalue weighted by Crippen LogP contribution is 2.51. The van der Waals surface area contributed by atoms with Crippen molar-refractivity contribution in [3.05, 3.63) is 0 Å². The van der Waals surface area contributed by atoms with Crippen LogP contribution in [0.3, 0.4) is 0 Å². The standard InChI is InChI=1S/C18H35O8P/c1-2-3-4-5-6-7-8-9-10-11-12-13-14-26-17(21)18(22,15-16(19)20)27(23,24)25/h22H,2-15H2,1H3,(H,19,20)(H2,23,24,25). The van der Waals surface area contributed by atoms with Crippen LogP contribution in [0.1, 0.15) is 90.4 Å². The van der Waals surface area contributed by atoms with Crippen molar-refractivity contribution in [2.24, 2.45) is 0 Å². The topological polar surface area (TPSA) is 141 Å². The monoisotopic (exact) mass is 410 g/mol. The highest BCUT2D eigenvalue weighted by Gasteiger charge is 2.55. The number of carboxylic acid groups (broad SMARTS) is 1. The smallest absolute Gasteiger partial charge is 0.369 e. The molecular weight excluding hydrogens is 375 g/mol. The van der Waals surface area contributed by atoms with Crippen LogP contribution in [0.2, 0.25) is 0 Å². The lowest BCUT2D eigenvalue weighted by Crippen LogP contribution is -2.42. The lowest BCUT2D eigenvalue weighted by Gasteiger charge is -2.24. The minimum absolute atomic E-state index is 0.113. The first kappa shape index (κ1) is 26.1. The van der Waals surface area contributed by atoms with Gasteiger partial charge in [0, 0.05) is 0 Å². The van der Waals surface area contributed by atoms with E-state index in [4.69, 9.17) is 14.9 Å². The Hall–Kier alpha value is -0.950. The minimum Gasteiger partial charge on any atom is -0.481 e. The molecule has 4 N–H and O–H groups in total. The third-order valence-electron chi connectivity index (χ3n) is 4.44. The number of hydrogen-bond donors (Lipinski definition) is 4. The maximum atomic E-state index is 11.7. The molecule has 0 rings (SSSR count). The van der Waals surface area contributed by atoms with E-state index in [0.29, 0.717) is 6.42 Å². The van der Waals surface area contributed by atoms with E-state index >= 15 is 0 Å². The molecule has 9 heteroatoms. The predicted molar refractivity (Wildman–Crippen MR) is 101 cm³/mol. The van der Waals surface area contributed by atoms with Crippen molar-refractivity contribution >= 4 is 19.5 Å². The SMILES string of the molecule is CCCCCCCCCCCCCCOC(=O)C(O)(CC(=O)O)P(=O)(O)O. The van der Waals surface area contributed by atoms with E-state index in [-0.39, 0.29) is 6.61 Å². The van der Waals surface area contributed by atoms with Crippen LogP contribution >= 0.6 is 7.60 Å². The van der Waals surface area contributed by atoms with Gasteiger partial charge in [-0.05, 0) is 6.42 Å². The Balaban J connectivity index is 3.81. The normalized spacial score (nSPS) is 13.9. The van der Waals surface area contributed by atoms with Gasteiger partial charge in [0.25, 0.3) is 5.34 Å². The van der Waals surface area contributed by atoms with Crippen LogP contribution in [0, 0.1) is 0 Å². The van der Waals surface area contributed by atoms with Crippen molar-refractivity contribution < 1.29 is 38.9 Å². The van der Waals surface area contributed by atoms with Gasteiger partial charge in [-0.3, -0.25) is 9.36 Å². The Morgan fingerprint density at radius 1 is 0.852 bits per heavy atom. The molecule has 0 amide bonds. The Labute approximate surface area is 161 Å². The van der Waals surface area contributed by atoms with Gasteiger partial charge in [0.15, 0.2) is 0 Å². The molecular formula is C18H35O8P. The van der Waals surface area contributed by atoms with Crippen LogP contribution in [0.4, 0.5) is 0 Å². The Kier molecular flexibility index (Phi) is 13.6. The summed E-state index contributed by atoms with van der Waals surface area (Å²) in [7, 11) is -5.38. The fraction of sp³-hybridized carbons (Fsp3) is 0.889. The summed E-state index contributed by atoms with van der Waals surface area (Å²) in [6.07, 6.45) is 12.0. The lowest BCUT2D eigenvalue weighted by atomic mass is 10.1. The molecule has 0 aromatic heterocycles. The molecule has 0 saturated carbocycles. The summed E-state index contributed by atoms with van der Waals surface area (Å²) in [5.41, 5.74) is 0. The maximum Gasteiger partial charge on any atom is 0.369 e. The molecule has 0 fully saturated rings. The Morgan fingerprint density at radius 2 is 1.26 bits per heavy atom. The van der Waals surface area contributed by atoms with Crippen LogP contribution < -0.4 is 0 Å². The first-order valence-corrected chi connectivity index (χ1v) is 11.4. The third kappa shape index (κ3) is 11.5. The molecule has 1 atom stereocenters. The van der Waals surface area contributed by atoms with Gasteiger partial charge in [0.1, 0.15) is 0 Å². The van der Waals surface area contributed by atoms with Gasteiger partial charge in [-0.2, -0.15) is 0 Å². The second-order valence-corrected chi connectivity index (χ2v) is 8.78. The van der Waals surface area contributed by atoms with Crippen LogP contribution in [-0.2, 0) is 18.9 Å². The van der Waals surface area contributed by atoms with Crippen LogP contribution in [-0.4, -0.2) is 43.9 Å². The minimum atomic E-state index is -5.38. The van der Waals surface area contributed by atoms with E-state index in [0.717, 1.165) is 25.7 Å².